The topological polar surface area (TPSA) is 43.4 Å². The van der Waals surface area contributed by atoms with Crippen LogP contribution in [0.5, 0.6) is 0 Å². The van der Waals surface area contributed by atoms with Gasteiger partial charge in [-0.15, -0.1) is 0 Å². The van der Waals surface area contributed by atoms with Gasteiger partial charge in [-0.25, -0.2) is 0 Å². The summed E-state index contributed by atoms with van der Waals surface area (Å²) in [5, 5.41) is 0. The zero-order valence-corrected chi connectivity index (χ0v) is 13.3. The van der Waals surface area contributed by atoms with Crippen LogP contribution in [0, 0.1) is 5.92 Å². The van der Waals surface area contributed by atoms with Gasteiger partial charge in [0, 0.05) is 0 Å². The molecular weight excluding hydrogens is 260 g/mol. The van der Waals surface area contributed by atoms with Gasteiger partial charge >= 0.3 is 0 Å². The third-order valence-electron chi connectivity index (χ3n) is 2.94. The van der Waals surface area contributed by atoms with Gasteiger partial charge in [-0.1, -0.05) is 46.8 Å². The molecule has 0 amide bonds. The van der Waals surface area contributed by atoms with Gasteiger partial charge in [-0.2, -0.15) is 8.42 Å². The Hall–Kier alpha value is -0.870. The van der Waals surface area contributed by atoms with Crippen LogP contribution in [0.3, 0.4) is 0 Å². The van der Waals surface area contributed by atoms with E-state index in [1.54, 1.807) is 12.1 Å². The summed E-state index contributed by atoms with van der Waals surface area (Å²) in [6, 6.07) is 6.92. The molecule has 1 aromatic carbocycles. The predicted octanol–water partition coefficient (Wildman–Crippen LogP) is 3.74. The lowest BCUT2D eigenvalue weighted by molar-refractivity contribution is 0.292. The molecule has 0 N–H and O–H groups in total. The van der Waals surface area contributed by atoms with E-state index >= 15 is 0 Å². The van der Waals surface area contributed by atoms with Crippen LogP contribution in [0.25, 0.3) is 0 Å². The van der Waals surface area contributed by atoms with E-state index in [1.807, 2.05) is 26.0 Å². The van der Waals surface area contributed by atoms with Crippen LogP contribution in [0.4, 0.5) is 0 Å². The second-order valence-electron chi connectivity index (χ2n) is 6.23. The molecule has 1 aromatic rings. The van der Waals surface area contributed by atoms with Crippen LogP contribution < -0.4 is 0 Å². The van der Waals surface area contributed by atoms with Gasteiger partial charge in [-0.05, 0) is 35.4 Å². The summed E-state index contributed by atoms with van der Waals surface area (Å²) in [6.45, 7) is 10.6. The highest BCUT2D eigenvalue weighted by Gasteiger charge is 2.18. The molecule has 0 bridgehead atoms. The smallest absolute Gasteiger partial charge is 0.266 e. The van der Waals surface area contributed by atoms with Gasteiger partial charge in [0.25, 0.3) is 10.1 Å². The molecule has 0 spiro atoms. The summed E-state index contributed by atoms with van der Waals surface area (Å²) in [5.74, 6) is 0.429. The molecule has 0 saturated carbocycles. The number of hydrogen-bond acceptors (Lipinski definition) is 3. The van der Waals surface area contributed by atoms with E-state index in [2.05, 4.69) is 20.8 Å². The molecule has 0 fully saturated rings. The number of hydrogen-bond donors (Lipinski definition) is 0. The lowest BCUT2D eigenvalue weighted by Crippen LogP contribution is -2.12. The first kappa shape index (κ1) is 16.2. The van der Waals surface area contributed by atoms with Crippen LogP contribution in [-0.4, -0.2) is 15.0 Å². The van der Waals surface area contributed by atoms with Gasteiger partial charge in [0.15, 0.2) is 0 Å². The number of benzene rings is 1. The third-order valence-corrected chi connectivity index (χ3v) is 4.27. The van der Waals surface area contributed by atoms with E-state index in [-0.39, 0.29) is 16.9 Å². The molecule has 4 heteroatoms. The Morgan fingerprint density at radius 1 is 1.11 bits per heavy atom. The monoisotopic (exact) mass is 284 g/mol. The predicted molar refractivity (Wildman–Crippen MR) is 77.7 cm³/mol. The van der Waals surface area contributed by atoms with Crippen LogP contribution in [0.2, 0.25) is 0 Å². The molecule has 0 aliphatic heterocycles. The summed E-state index contributed by atoms with van der Waals surface area (Å²) < 4.78 is 28.9. The Labute approximate surface area is 117 Å². The van der Waals surface area contributed by atoms with Crippen molar-refractivity contribution in [3.63, 3.8) is 0 Å². The summed E-state index contributed by atoms with van der Waals surface area (Å²) in [5.41, 5.74) is 1.12. The van der Waals surface area contributed by atoms with Crippen LogP contribution >= 0.6 is 0 Å². The first-order valence-corrected chi connectivity index (χ1v) is 8.04. The standard InChI is InChI=1S/C15H24O3S/c1-12(2)10-11-18-19(16,17)14-8-6-13(7-9-14)15(3,4)5/h6-9,12H,10-11H2,1-5H3. The maximum absolute atomic E-state index is 12.0. The van der Waals surface area contributed by atoms with Crippen molar-refractivity contribution >= 4 is 10.1 Å². The van der Waals surface area contributed by atoms with Crippen molar-refractivity contribution in [1.29, 1.82) is 0 Å². The van der Waals surface area contributed by atoms with Crippen LogP contribution in [0.15, 0.2) is 29.2 Å². The van der Waals surface area contributed by atoms with E-state index in [0.29, 0.717) is 5.92 Å². The largest absolute Gasteiger partial charge is 0.296 e. The van der Waals surface area contributed by atoms with Crippen molar-refractivity contribution in [1.82, 2.24) is 0 Å². The van der Waals surface area contributed by atoms with Gasteiger partial charge in [0.2, 0.25) is 0 Å². The van der Waals surface area contributed by atoms with Gasteiger partial charge < -0.3 is 0 Å². The zero-order valence-electron chi connectivity index (χ0n) is 12.4. The van der Waals surface area contributed by atoms with Crippen molar-refractivity contribution in [2.45, 2.75) is 51.3 Å². The highest BCUT2D eigenvalue weighted by Crippen LogP contribution is 2.24. The molecule has 108 valence electrons. The average Bonchev–Trinajstić information content (AvgIpc) is 2.27. The van der Waals surface area contributed by atoms with E-state index in [0.717, 1.165) is 12.0 Å². The fourth-order valence-electron chi connectivity index (χ4n) is 1.58. The Bertz CT molecular complexity index is 493. The van der Waals surface area contributed by atoms with Crippen LogP contribution in [-0.2, 0) is 19.7 Å². The molecular formula is C15H24O3S. The summed E-state index contributed by atoms with van der Waals surface area (Å²) in [6.07, 6.45) is 0.735. The Kier molecular flexibility index (Phi) is 5.16. The van der Waals surface area contributed by atoms with Gasteiger partial charge in [0.1, 0.15) is 0 Å². The minimum atomic E-state index is -3.62. The van der Waals surface area contributed by atoms with E-state index in [1.165, 1.54) is 0 Å². The molecule has 19 heavy (non-hydrogen) atoms. The molecule has 1 rings (SSSR count). The molecule has 3 nitrogen and oxygen atoms in total. The van der Waals surface area contributed by atoms with Crippen LogP contribution in [0.1, 0.15) is 46.6 Å². The molecule has 0 aliphatic carbocycles. The summed E-state index contributed by atoms with van der Waals surface area (Å²) in [4.78, 5) is 0.226. The highest BCUT2D eigenvalue weighted by atomic mass is 32.2. The summed E-state index contributed by atoms with van der Waals surface area (Å²) in [7, 11) is -3.62. The second kappa shape index (κ2) is 6.06. The molecule has 0 unspecified atom stereocenters. The van der Waals surface area contributed by atoms with Gasteiger partial charge in [0.05, 0.1) is 11.5 Å². The fraction of sp³-hybridized carbons (Fsp3) is 0.600. The second-order valence-corrected chi connectivity index (χ2v) is 7.85. The maximum Gasteiger partial charge on any atom is 0.296 e. The quantitative estimate of drug-likeness (QED) is 0.774. The number of rotatable bonds is 5. The van der Waals surface area contributed by atoms with Crippen molar-refractivity contribution in [2.24, 2.45) is 5.92 Å². The average molecular weight is 284 g/mol. The molecule has 0 atom stereocenters. The van der Waals surface area contributed by atoms with E-state index in [9.17, 15) is 8.42 Å². The van der Waals surface area contributed by atoms with Crippen molar-refractivity contribution in [3.05, 3.63) is 29.8 Å². The molecule has 0 radical (unpaired) electrons. The minimum Gasteiger partial charge on any atom is -0.266 e. The highest BCUT2D eigenvalue weighted by molar-refractivity contribution is 7.86. The minimum absolute atomic E-state index is 0.0147. The normalized spacial score (nSPS) is 12.9. The SMILES string of the molecule is CC(C)CCOS(=O)(=O)c1ccc(C(C)(C)C)cc1. The maximum atomic E-state index is 12.0. The van der Waals surface area contributed by atoms with E-state index in [4.69, 9.17) is 4.18 Å². The fourth-order valence-corrected chi connectivity index (χ4v) is 2.50. The molecule has 0 aliphatic rings. The van der Waals surface area contributed by atoms with Crippen molar-refractivity contribution < 1.29 is 12.6 Å². The Balaban J connectivity index is 2.80. The van der Waals surface area contributed by atoms with Crippen molar-refractivity contribution in [3.8, 4) is 0 Å². The molecule has 0 heterocycles. The first-order valence-electron chi connectivity index (χ1n) is 6.63. The third kappa shape index (κ3) is 4.96. The van der Waals surface area contributed by atoms with Crippen molar-refractivity contribution in [2.75, 3.05) is 6.61 Å². The molecule has 0 saturated heterocycles. The Morgan fingerprint density at radius 2 is 1.63 bits per heavy atom. The summed E-state index contributed by atoms with van der Waals surface area (Å²) >= 11 is 0. The molecule has 0 aromatic heterocycles. The van der Waals surface area contributed by atoms with E-state index < -0.39 is 10.1 Å². The lowest BCUT2D eigenvalue weighted by atomic mass is 9.87. The first-order chi connectivity index (χ1) is 8.63. The Morgan fingerprint density at radius 3 is 2.05 bits per heavy atom. The zero-order chi connectivity index (χ0) is 14.7. The van der Waals surface area contributed by atoms with Gasteiger partial charge in [-0.3, -0.25) is 4.18 Å². The lowest BCUT2D eigenvalue weighted by Gasteiger charge is -2.19.